The largest absolute Gasteiger partial charge is 0.312 e. The van der Waals surface area contributed by atoms with Crippen LogP contribution in [-0.2, 0) is 21.7 Å². The Balaban J connectivity index is 1.66. The smallest absolute Gasteiger partial charge is 0.237 e. The van der Waals surface area contributed by atoms with E-state index >= 15 is 0 Å². The van der Waals surface area contributed by atoms with Crippen molar-refractivity contribution < 1.29 is 13.2 Å². The van der Waals surface area contributed by atoms with Crippen molar-refractivity contribution in [2.24, 2.45) is 7.05 Å². The van der Waals surface area contributed by atoms with Crippen LogP contribution in [0.5, 0.6) is 0 Å². The fraction of sp³-hybridized carbons (Fsp3) is 0.471. The lowest BCUT2D eigenvalue weighted by Gasteiger charge is -2.20. The number of amides is 1. The second kappa shape index (κ2) is 7.79. The number of thioether (sulfide) groups is 1. The number of aromatic nitrogens is 3. The lowest BCUT2D eigenvalue weighted by Crippen LogP contribution is -2.32. The van der Waals surface area contributed by atoms with Crippen LogP contribution in [0.2, 0.25) is 0 Å². The predicted molar refractivity (Wildman–Crippen MR) is 102 cm³/mol. The Morgan fingerprint density at radius 2 is 2.04 bits per heavy atom. The van der Waals surface area contributed by atoms with Crippen LogP contribution in [0.3, 0.4) is 0 Å². The van der Waals surface area contributed by atoms with E-state index in [2.05, 4.69) is 10.2 Å². The zero-order chi connectivity index (χ0) is 18.7. The van der Waals surface area contributed by atoms with Gasteiger partial charge in [-0.15, -0.1) is 10.2 Å². The highest BCUT2D eigenvalue weighted by molar-refractivity contribution is 7.99. The Morgan fingerprint density at radius 3 is 2.65 bits per heavy atom. The fourth-order valence-corrected chi connectivity index (χ4v) is 5.65. The molecule has 0 radical (unpaired) electrons. The number of para-hydroxylation sites is 1. The average Bonchev–Trinajstić information content (AvgIpc) is 3.16. The van der Waals surface area contributed by atoms with Gasteiger partial charge in [0.05, 0.1) is 17.3 Å². The number of rotatable bonds is 6. The van der Waals surface area contributed by atoms with Crippen molar-refractivity contribution in [3.8, 4) is 0 Å². The summed E-state index contributed by atoms with van der Waals surface area (Å²) in [6, 6.07) is 9.55. The maximum Gasteiger partial charge on any atom is 0.237 e. The third-order valence-corrected chi connectivity index (χ3v) is 7.25. The minimum absolute atomic E-state index is 0.00306. The van der Waals surface area contributed by atoms with E-state index in [1.165, 1.54) is 11.8 Å². The minimum Gasteiger partial charge on any atom is -0.312 e. The van der Waals surface area contributed by atoms with E-state index in [1.54, 1.807) is 4.90 Å². The van der Waals surface area contributed by atoms with E-state index in [9.17, 15) is 13.2 Å². The van der Waals surface area contributed by atoms with E-state index in [4.69, 9.17) is 0 Å². The van der Waals surface area contributed by atoms with Crippen LogP contribution in [0.4, 0.5) is 5.69 Å². The number of sulfone groups is 1. The van der Waals surface area contributed by atoms with Gasteiger partial charge in [0, 0.05) is 25.2 Å². The SMILES string of the molecule is CCN(C(=O)CSc1nnc(C2CCS(=O)(=O)C2)n1C)c1ccccc1. The van der Waals surface area contributed by atoms with Crippen molar-refractivity contribution in [1.82, 2.24) is 14.8 Å². The van der Waals surface area contributed by atoms with Gasteiger partial charge in [-0.1, -0.05) is 30.0 Å². The summed E-state index contributed by atoms with van der Waals surface area (Å²) in [5.41, 5.74) is 0.871. The molecule has 1 aromatic carbocycles. The van der Waals surface area contributed by atoms with Crippen LogP contribution in [0.1, 0.15) is 25.1 Å². The molecule has 1 aliphatic rings. The number of carbonyl (C=O) groups excluding carboxylic acids is 1. The number of benzene rings is 1. The molecule has 1 atom stereocenters. The Hall–Kier alpha value is -1.87. The van der Waals surface area contributed by atoms with Crippen molar-refractivity contribution in [2.75, 3.05) is 28.7 Å². The lowest BCUT2D eigenvalue weighted by molar-refractivity contribution is -0.116. The molecule has 2 heterocycles. The van der Waals surface area contributed by atoms with E-state index in [1.807, 2.05) is 48.9 Å². The van der Waals surface area contributed by atoms with Gasteiger partial charge in [-0.3, -0.25) is 4.79 Å². The van der Waals surface area contributed by atoms with Gasteiger partial charge < -0.3 is 9.47 Å². The zero-order valence-electron chi connectivity index (χ0n) is 14.8. The summed E-state index contributed by atoms with van der Waals surface area (Å²) < 4.78 is 25.2. The first-order valence-electron chi connectivity index (χ1n) is 8.49. The summed E-state index contributed by atoms with van der Waals surface area (Å²) in [6.07, 6.45) is 0.579. The Bertz CT molecular complexity index is 881. The molecule has 2 aromatic rings. The maximum atomic E-state index is 12.6. The van der Waals surface area contributed by atoms with Crippen molar-refractivity contribution in [3.63, 3.8) is 0 Å². The zero-order valence-corrected chi connectivity index (χ0v) is 16.5. The first-order valence-corrected chi connectivity index (χ1v) is 11.3. The Kier molecular flexibility index (Phi) is 5.67. The second-order valence-corrected chi connectivity index (χ2v) is 9.43. The highest BCUT2D eigenvalue weighted by Gasteiger charge is 2.32. The van der Waals surface area contributed by atoms with Gasteiger partial charge >= 0.3 is 0 Å². The summed E-state index contributed by atoms with van der Waals surface area (Å²) in [6.45, 7) is 2.53. The van der Waals surface area contributed by atoms with Gasteiger partial charge in [0.15, 0.2) is 15.0 Å². The lowest BCUT2D eigenvalue weighted by atomic mass is 10.1. The Morgan fingerprint density at radius 1 is 1.31 bits per heavy atom. The molecule has 1 aromatic heterocycles. The van der Waals surface area contributed by atoms with Gasteiger partial charge in [0.2, 0.25) is 5.91 Å². The van der Waals surface area contributed by atoms with Gasteiger partial charge in [-0.25, -0.2) is 8.42 Å². The predicted octanol–water partition coefficient (Wildman–Crippen LogP) is 1.86. The number of hydrogen-bond donors (Lipinski definition) is 0. The molecular weight excluding hydrogens is 372 g/mol. The van der Waals surface area contributed by atoms with Crippen LogP contribution < -0.4 is 4.90 Å². The summed E-state index contributed by atoms with van der Waals surface area (Å²) >= 11 is 1.32. The molecule has 9 heteroatoms. The molecule has 1 saturated heterocycles. The monoisotopic (exact) mass is 394 g/mol. The number of anilines is 1. The fourth-order valence-electron chi connectivity index (χ4n) is 3.12. The number of carbonyl (C=O) groups is 1. The molecule has 1 unspecified atom stereocenters. The van der Waals surface area contributed by atoms with Crippen molar-refractivity contribution in [3.05, 3.63) is 36.2 Å². The third-order valence-electron chi connectivity index (χ3n) is 4.48. The number of nitrogens with zero attached hydrogens (tertiary/aromatic N) is 4. The molecule has 1 aliphatic heterocycles. The van der Waals surface area contributed by atoms with E-state index in [0.29, 0.717) is 23.9 Å². The van der Waals surface area contributed by atoms with Crippen molar-refractivity contribution in [1.29, 1.82) is 0 Å². The van der Waals surface area contributed by atoms with Crippen molar-refractivity contribution in [2.45, 2.75) is 24.4 Å². The number of hydrogen-bond acceptors (Lipinski definition) is 6. The highest BCUT2D eigenvalue weighted by Crippen LogP contribution is 2.29. The molecule has 0 spiro atoms. The average molecular weight is 395 g/mol. The van der Waals surface area contributed by atoms with Gasteiger partial charge in [0.25, 0.3) is 0 Å². The van der Waals surface area contributed by atoms with Gasteiger partial charge in [0.1, 0.15) is 5.82 Å². The molecule has 0 saturated carbocycles. The first-order chi connectivity index (χ1) is 12.4. The molecule has 1 fully saturated rings. The molecule has 1 amide bonds. The minimum atomic E-state index is -2.97. The van der Waals surface area contributed by atoms with Crippen LogP contribution in [0.15, 0.2) is 35.5 Å². The normalized spacial score (nSPS) is 18.8. The third kappa shape index (κ3) is 4.09. The molecule has 3 rings (SSSR count). The molecule has 0 aliphatic carbocycles. The molecule has 140 valence electrons. The van der Waals surface area contributed by atoms with Crippen LogP contribution >= 0.6 is 11.8 Å². The van der Waals surface area contributed by atoms with Crippen molar-refractivity contribution >= 4 is 33.2 Å². The molecule has 0 bridgehead atoms. The summed E-state index contributed by atoms with van der Waals surface area (Å²) in [5.74, 6) is 1.14. The summed E-state index contributed by atoms with van der Waals surface area (Å²) in [5, 5.41) is 8.94. The van der Waals surface area contributed by atoms with Gasteiger partial charge in [-0.05, 0) is 25.5 Å². The quantitative estimate of drug-likeness (QED) is 0.695. The van der Waals surface area contributed by atoms with E-state index in [-0.39, 0.29) is 29.1 Å². The summed E-state index contributed by atoms with van der Waals surface area (Å²) in [7, 11) is -1.15. The van der Waals surface area contributed by atoms with Crippen LogP contribution in [0.25, 0.3) is 0 Å². The first kappa shape index (κ1) is 18.9. The highest BCUT2D eigenvalue weighted by atomic mass is 32.2. The second-order valence-electron chi connectivity index (χ2n) is 6.26. The summed E-state index contributed by atoms with van der Waals surface area (Å²) in [4.78, 5) is 14.3. The van der Waals surface area contributed by atoms with Gasteiger partial charge in [-0.2, -0.15) is 0 Å². The van der Waals surface area contributed by atoms with E-state index in [0.717, 1.165) is 5.69 Å². The van der Waals surface area contributed by atoms with E-state index < -0.39 is 9.84 Å². The standard InChI is InChI=1S/C17H22N4O3S2/c1-3-21(14-7-5-4-6-8-14)15(22)11-25-17-19-18-16(20(17)2)13-9-10-26(23,24)12-13/h4-8,13H,3,9-12H2,1-2H3. The van der Waals surface area contributed by atoms with Crippen LogP contribution in [0, 0.1) is 0 Å². The molecule has 7 nitrogen and oxygen atoms in total. The molecule has 26 heavy (non-hydrogen) atoms. The molecular formula is C17H22N4O3S2. The maximum absolute atomic E-state index is 12.6. The Labute approximate surface area is 157 Å². The topological polar surface area (TPSA) is 85.2 Å². The van der Waals surface area contributed by atoms with Crippen LogP contribution in [-0.4, -0.2) is 52.9 Å². The molecule has 0 N–H and O–H groups in total.